The molecule has 13 heavy (non-hydrogen) atoms. The van der Waals surface area contributed by atoms with Crippen molar-refractivity contribution in [3.8, 4) is 17.0 Å². The molecule has 0 bridgehead atoms. The molecular weight excluding hydrogens is 184 g/mol. The zero-order valence-corrected chi connectivity index (χ0v) is 7.54. The third-order valence-electron chi connectivity index (χ3n) is 2.06. The lowest BCUT2D eigenvalue weighted by Gasteiger charge is -2.14. The summed E-state index contributed by atoms with van der Waals surface area (Å²) in [5.74, 6) is 0.905. The van der Waals surface area contributed by atoms with Crippen LogP contribution in [0.4, 0.5) is 0 Å². The van der Waals surface area contributed by atoms with Gasteiger partial charge in [-0.2, -0.15) is 0 Å². The molecule has 1 aromatic heterocycles. The van der Waals surface area contributed by atoms with E-state index in [-0.39, 0.29) is 0 Å². The smallest absolute Gasteiger partial charge is 0.129 e. The number of hydrogen-bond donors (Lipinski definition) is 0. The lowest BCUT2D eigenvalue weighted by molar-refractivity contribution is 0.305. The highest BCUT2D eigenvalue weighted by Gasteiger charge is 2.19. The Kier molecular flexibility index (Phi) is 1.37. The molecule has 3 nitrogen and oxygen atoms in total. The minimum absolute atomic E-state index is 0.601. The molecule has 0 radical (unpaired) electrons. The maximum absolute atomic E-state index is 5.54. The van der Waals surface area contributed by atoms with Crippen LogP contribution < -0.4 is 4.74 Å². The Morgan fingerprint density at radius 2 is 2.23 bits per heavy atom. The lowest BCUT2D eigenvalue weighted by Crippen LogP contribution is -2.02. The summed E-state index contributed by atoms with van der Waals surface area (Å²) in [6.45, 7) is 0.601. The summed E-state index contributed by atoms with van der Waals surface area (Å²) in [4.78, 5) is 1.11. The van der Waals surface area contributed by atoms with Gasteiger partial charge in [-0.05, 0) is 23.7 Å². The normalized spacial score (nSPS) is 12.9. The topological polar surface area (TPSA) is 35.0 Å². The Labute approximate surface area is 79.2 Å². The van der Waals surface area contributed by atoms with Crippen molar-refractivity contribution in [2.45, 2.75) is 6.61 Å². The van der Waals surface area contributed by atoms with Crippen molar-refractivity contribution in [3.63, 3.8) is 0 Å². The fourth-order valence-corrected chi connectivity index (χ4v) is 2.01. The molecule has 0 amide bonds. The highest BCUT2D eigenvalue weighted by atomic mass is 32.1. The number of ether oxygens (including phenoxy) is 1. The SMILES string of the molecule is c1ccc2c(c1)OCc1snnc1-2. The average molecular weight is 190 g/mol. The zero-order valence-electron chi connectivity index (χ0n) is 6.73. The first kappa shape index (κ1) is 7.03. The van der Waals surface area contributed by atoms with Gasteiger partial charge in [-0.3, -0.25) is 0 Å². The van der Waals surface area contributed by atoms with Gasteiger partial charge in [0, 0.05) is 5.56 Å². The number of hydrogen-bond acceptors (Lipinski definition) is 4. The third-order valence-corrected chi connectivity index (χ3v) is 2.75. The zero-order chi connectivity index (χ0) is 8.67. The number of fused-ring (bicyclic) bond motifs is 3. The van der Waals surface area contributed by atoms with Crippen molar-refractivity contribution >= 4 is 11.5 Å². The molecule has 0 spiro atoms. The summed E-state index contributed by atoms with van der Waals surface area (Å²) < 4.78 is 9.45. The van der Waals surface area contributed by atoms with Crippen molar-refractivity contribution in [1.82, 2.24) is 9.59 Å². The van der Waals surface area contributed by atoms with E-state index in [2.05, 4.69) is 9.59 Å². The van der Waals surface area contributed by atoms with E-state index in [0.29, 0.717) is 6.61 Å². The molecule has 0 atom stereocenters. The van der Waals surface area contributed by atoms with Crippen LogP contribution in [0.2, 0.25) is 0 Å². The van der Waals surface area contributed by atoms with Crippen molar-refractivity contribution in [2.75, 3.05) is 0 Å². The first-order valence-corrected chi connectivity index (χ1v) is 4.76. The minimum Gasteiger partial charge on any atom is -0.487 e. The van der Waals surface area contributed by atoms with Crippen molar-refractivity contribution in [2.24, 2.45) is 0 Å². The first-order valence-electron chi connectivity index (χ1n) is 3.98. The van der Waals surface area contributed by atoms with E-state index in [9.17, 15) is 0 Å². The maximum atomic E-state index is 5.54. The quantitative estimate of drug-likeness (QED) is 0.638. The molecule has 0 N–H and O–H groups in total. The largest absolute Gasteiger partial charge is 0.487 e. The number of nitrogens with zero attached hydrogens (tertiary/aromatic N) is 2. The van der Waals surface area contributed by atoms with Crippen LogP contribution in [0.25, 0.3) is 11.3 Å². The second-order valence-electron chi connectivity index (χ2n) is 2.83. The Hall–Kier alpha value is -1.42. The summed E-state index contributed by atoms with van der Waals surface area (Å²) in [7, 11) is 0. The molecule has 0 saturated carbocycles. The van der Waals surface area contributed by atoms with Gasteiger partial charge in [0.25, 0.3) is 0 Å². The molecule has 1 aliphatic heterocycles. The second kappa shape index (κ2) is 2.53. The Morgan fingerprint density at radius 3 is 3.23 bits per heavy atom. The van der Waals surface area contributed by atoms with Gasteiger partial charge in [0.2, 0.25) is 0 Å². The molecule has 0 saturated heterocycles. The van der Waals surface area contributed by atoms with E-state index >= 15 is 0 Å². The first-order chi connectivity index (χ1) is 6.45. The van der Waals surface area contributed by atoms with Gasteiger partial charge in [0.05, 0.1) is 4.88 Å². The van der Waals surface area contributed by atoms with E-state index in [0.717, 1.165) is 21.9 Å². The van der Waals surface area contributed by atoms with Crippen molar-refractivity contribution < 1.29 is 4.74 Å². The second-order valence-corrected chi connectivity index (χ2v) is 3.67. The summed E-state index contributed by atoms with van der Waals surface area (Å²) >= 11 is 1.40. The molecule has 3 rings (SSSR count). The van der Waals surface area contributed by atoms with Crippen LogP contribution >= 0.6 is 11.5 Å². The Balaban J connectivity index is 2.30. The van der Waals surface area contributed by atoms with Crippen LogP contribution in [0.15, 0.2) is 24.3 Å². The standard InChI is InChI=1S/C9H6N2OS/c1-2-4-7-6(3-1)9-8(5-12-7)13-11-10-9/h1-4H,5H2. The van der Waals surface area contributed by atoms with Crippen molar-refractivity contribution in [1.29, 1.82) is 0 Å². The summed E-state index contributed by atoms with van der Waals surface area (Å²) in [5, 5.41) is 4.09. The van der Waals surface area contributed by atoms with Crippen LogP contribution in [-0.4, -0.2) is 9.59 Å². The maximum Gasteiger partial charge on any atom is 0.129 e. The van der Waals surface area contributed by atoms with Crippen LogP contribution in [0.3, 0.4) is 0 Å². The third kappa shape index (κ3) is 0.954. The van der Waals surface area contributed by atoms with Gasteiger partial charge < -0.3 is 4.74 Å². The Bertz CT molecular complexity index is 452. The van der Waals surface area contributed by atoms with Crippen LogP contribution in [-0.2, 0) is 6.61 Å². The van der Waals surface area contributed by atoms with Crippen LogP contribution in [0, 0.1) is 0 Å². The highest BCUT2D eigenvalue weighted by Crippen LogP contribution is 2.36. The fourth-order valence-electron chi connectivity index (χ4n) is 1.44. The van der Waals surface area contributed by atoms with Crippen LogP contribution in [0.5, 0.6) is 5.75 Å². The highest BCUT2D eigenvalue weighted by molar-refractivity contribution is 7.06. The molecule has 2 aromatic rings. The molecule has 4 heteroatoms. The number of rotatable bonds is 0. The van der Waals surface area contributed by atoms with Gasteiger partial charge in [0.15, 0.2) is 0 Å². The van der Waals surface area contributed by atoms with Gasteiger partial charge in [-0.15, -0.1) is 5.10 Å². The molecule has 0 aliphatic carbocycles. The van der Waals surface area contributed by atoms with Gasteiger partial charge in [-0.25, -0.2) is 0 Å². The Morgan fingerprint density at radius 1 is 1.31 bits per heavy atom. The monoisotopic (exact) mass is 190 g/mol. The number of benzene rings is 1. The predicted octanol–water partition coefficient (Wildman–Crippen LogP) is 2.10. The molecule has 64 valence electrons. The van der Waals surface area contributed by atoms with E-state index < -0.39 is 0 Å². The molecule has 1 aliphatic rings. The average Bonchev–Trinajstić information content (AvgIpc) is 2.65. The van der Waals surface area contributed by atoms with E-state index in [1.165, 1.54) is 11.5 Å². The van der Waals surface area contributed by atoms with Gasteiger partial charge in [-0.1, -0.05) is 16.6 Å². The summed E-state index contributed by atoms with van der Waals surface area (Å²) in [6, 6.07) is 7.91. The fraction of sp³-hybridized carbons (Fsp3) is 0.111. The number of para-hydroxylation sites is 1. The van der Waals surface area contributed by atoms with Crippen molar-refractivity contribution in [3.05, 3.63) is 29.1 Å². The summed E-state index contributed by atoms with van der Waals surface area (Å²) in [5.41, 5.74) is 2.03. The van der Waals surface area contributed by atoms with Gasteiger partial charge in [0.1, 0.15) is 18.1 Å². The lowest BCUT2D eigenvalue weighted by atomic mass is 10.1. The minimum atomic E-state index is 0.601. The predicted molar refractivity (Wildman–Crippen MR) is 49.7 cm³/mol. The molecule has 1 aromatic carbocycles. The molecule has 2 heterocycles. The summed E-state index contributed by atoms with van der Waals surface area (Å²) in [6.07, 6.45) is 0. The van der Waals surface area contributed by atoms with Crippen LogP contribution in [0.1, 0.15) is 4.88 Å². The van der Waals surface area contributed by atoms with Gasteiger partial charge >= 0.3 is 0 Å². The number of aromatic nitrogens is 2. The van der Waals surface area contributed by atoms with E-state index in [1.807, 2.05) is 24.3 Å². The molecule has 0 unspecified atom stereocenters. The molecule has 0 fully saturated rings. The van der Waals surface area contributed by atoms with E-state index in [4.69, 9.17) is 4.74 Å². The molecular formula is C9H6N2OS. The van der Waals surface area contributed by atoms with E-state index in [1.54, 1.807) is 0 Å².